The Kier molecular flexibility index (Phi) is 5.05. The molecule has 2 aliphatic carbocycles. The third-order valence-corrected chi connectivity index (χ3v) is 7.11. The number of aryl methyl sites for hydroxylation is 1. The molecule has 31 heavy (non-hydrogen) atoms. The van der Waals surface area contributed by atoms with Crippen LogP contribution in [0, 0.1) is 0 Å². The van der Waals surface area contributed by atoms with E-state index >= 15 is 0 Å². The Labute approximate surface area is 182 Å². The Morgan fingerprint density at radius 2 is 1.90 bits per heavy atom. The van der Waals surface area contributed by atoms with Crippen LogP contribution < -0.4 is 0 Å². The van der Waals surface area contributed by atoms with Crippen molar-refractivity contribution in [2.24, 2.45) is 0 Å². The van der Waals surface area contributed by atoms with E-state index in [-0.39, 0.29) is 17.9 Å². The predicted molar refractivity (Wildman–Crippen MR) is 117 cm³/mol. The number of carbonyl (C=O) groups is 2. The van der Waals surface area contributed by atoms with Crippen LogP contribution in [0.1, 0.15) is 59.3 Å². The maximum Gasteiger partial charge on any atom is 0.254 e. The fourth-order valence-corrected chi connectivity index (χ4v) is 4.96. The molecule has 0 spiro atoms. The zero-order chi connectivity index (χ0) is 21.6. The summed E-state index contributed by atoms with van der Waals surface area (Å²) in [7, 11) is 0. The van der Waals surface area contributed by atoms with Gasteiger partial charge < -0.3 is 14.9 Å². The second kappa shape index (κ2) is 7.75. The monoisotopic (exact) mass is 419 g/mol. The van der Waals surface area contributed by atoms with Gasteiger partial charge in [0.15, 0.2) is 0 Å². The first kappa shape index (κ1) is 20.2. The Bertz CT molecular complexity index is 999. The number of fused-ring (bicyclic) bond motifs is 1. The molecular weight excluding hydrogens is 390 g/mol. The van der Waals surface area contributed by atoms with Gasteiger partial charge in [0.05, 0.1) is 0 Å². The van der Waals surface area contributed by atoms with Gasteiger partial charge in [-0.3, -0.25) is 14.6 Å². The number of aromatic nitrogens is 1. The largest absolute Gasteiger partial charge is 0.380 e. The minimum absolute atomic E-state index is 0.00582. The molecule has 0 radical (unpaired) electrons. The molecule has 2 amide bonds. The molecule has 1 N–H and O–H groups in total. The first-order valence-corrected chi connectivity index (χ1v) is 11.3. The number of nitrogens with zero attached hydrogens (tertiary/aromatic N) is 3. The maximum atomic E-state index is 13.0. The minimum Gasteiger partial charge on any atom is -0.380 e. The van der Waals surface area contributed by atoms with E-state index in [1.807, 2.05) is 36.2 Å². The fourth-order valence-electron chi connectivity index (χ4n) is 4.96. The Morgan fingerprint density at radius 3 is 2.61 bits per heavy atom. The van der Waals surface area contributed by atoms with E-state index in [0.717, 1.165) is 19.3 Å². The average molecular weight is 420 g/mol. The van der Waals surface area contributed by atoms with Crippen LogP contribution >= 0.6 is 0 Å². The van der Waals surface area contributed by atoms with Crippen LogP contribution in [0.2, 0.25) is 0 Å². The number of benzene rings is 1. The van der Waals surface area contributed by atoms with Gasteiger partial charge in [0, 0.05) is 43.1 Å². The van der Waals surface area contributed by atoms with Gasteiger partial charge in [-0.2, -0.15) is 0 Å². The highest BCUT2D eigenvalue weighted by molar-refractivity contribution is 5.94. The first-order chi connectivity index (χ1) is 14.9. The summed E-state index contributed by atoms with van der Waals surface area (Å²) in [6.07, 6.45) is 6.06. The summed E-state index contributed by atoms with van der Waals surface area (Å²) in [6.45, 7) is 3.41. The van der Waals surface area contributed by atoms with E-state index in [1.54, 1.807) is 4.90 Å². The molecule has 1 aromatic heterocycles. The highest BCUT2D eigenvalue weighted by atomic mass is 16.3. The Hall–Kier alpha value is -2.73. The van der Waals surface area contributed by atoms with Crippen LogP contribution in [0.5, 0.6) is 0 Å². The van der Waals surface area contributed by atoms with Crippen LogP contribution in [-0.4, -0.2) is 63.0 Å². The normalized spacial score (nSPS) is 24.5. The molecule has 1 saturated carbocycles. The lowest BCUT2D eigenvalue weighted by Crippen LogP contribution is -2.57. The zero-order valence-corrected chi connectivity index (χ0v) is 18.0. The van der Waals surface area contributed by atoms with Gasteiger partial charge in [-0.1, -0.05) is 18.2 Å². The molecule has 1 aliphatic heterocycles. The SMILES string of the molecule is C[C@H]1CN(C(=O)c2ccc(C3CCc4cccnc4C3)cc2)CCN1C(=O)C1(O)CC1. The van der Waals surface area contributed by atoms with E-state index in [1.165, 1.54) is 16.8 Å². The van der Waals surface area contributed by atoms with Crippen molar-refractivity contribution in [3.63, 3.8) is 0 Å². The molecular formula is C25H29N3O3. The number of aliphatic hydroxyl groups is 1. The Balaban J connectivity index is 1.22. The lowest BCUT2D eigenvalue weighted by Gasteiger charge is -2.40. The summed E-state index contributed by atoms with van der Waals surface area (Å²) in [5.41, 5.74) is 3.34. The van der Waals surface area contributed by atoms with Crippen molar-refractivity contribution < 1.29 is 14.7 Å². The van der Waals surface area contributed by atoms with E-state index in [2.05, 4.69) is 23.2 Å². The van der Waals surface area contributed by atoms with E-state index in [0.29, 0.717) is 44.0 Å². The van der Waals surface area contributed by atoms with Gasteiger partial charge in [-0.05, 0) is 74.3 Å². The number of hydrogen-bond donors (Lipinski definition) is 1. The van der Waals surface area contributed by atoms with Gasteiger partial charge in [-0.15, -0.1) is 0 Å². The third kappa shape index (κ3) is 3.85. The molecule has 3 aliphatic rings. The summed E-state index contributed by atoms with van der Waals surface area (Å²) < 4.78 is 0. The first-order valence-electron chi connectivity index (χ1n) is 11.3. The number of rotatable bonds is 3. The van der Waals surface area contributed by atoms with Crippen molar-refractivity contribution in [3.05, 3.63) is 65.0 Å². The summed E-state index contributed by atoms with van der Waals surface area (Å²) in [5.74, 6) is 0.264. The zero-order valence-electron chi connectivity index (χ0n) is 18.0. The molecule has 2 atom stereocenters. The van der Waals surface area contributed by atoms with Crippen LogP contribution in [0.15, 0.2) is 42.6 Å². The number of piperazine rings is 1. The van der Waals surface area contributed by atoms with Gasteiger partial charge in [0.2, 0.25) is 0 Å². The summed E-state index contributed by atoms with van der Waals surface area (Å²) >= 11 is 0. The number of pyridine rings is 1. The molecule has 1 aromatic carbocycles. The van der Waals surface area contributed by atoms with Crippen molar-refractivity contribution in [3.8, 4) is 0 Å². The van der Waals surface area contributed by atoms with E-state index in [9.17, 15) is 14.7 Å². The van der Waals surface area contributed by atoms with E-state index in [4.69, 9.17) is 0 Å². The highest BCUT2D eigenvalue weighted by Crippen LogP contribution is 2.38. The van der Waals surface area contributed by atoms with E-state index < -0.39 is 5.60 Å². The second-order valence-corrected chi connectivity index (χ2v) is 9.30. The second-order valence-electron chi connectivity index (χ2n) is 9.30. The smallest absolute Gasteiger partial charge is 0.254 e. The van der Waals surface area contributed by atoms with Gasteiger partial charge in [0.1, 0.15) is 5.60 Å². The minimum atomic E-state index is -1.15. The number of amides is 2. The van der Waals surface area contributed by atoms with Crippen LogP contribution in [0.25, 0.3) is 0 Å². The number of hydrogen-bond acceptors (Lipinski definition) is 4. The topological polar surface area (TPSA) is 73.7 Å². The van der Waals surface area contributed by atoms with Crippen molar-refractivity contribution >= 4 is 11.8 Å². The molecule has 6 nitrogen and oxygen atoms in total. The average Bonchev–Trinajstić information content (AvgIpc) is 3.56. The maximum absolute atomic E-state index is 13.0. The van der Waals surface area contributed by atoms with Crippen LogP contribution in [-0.2, 0) is 17.6 Å². The summed E-state index contributed by atoms with van der Waals surface area (Å²) in [5, 5.41) is 10.1. The molecule has 2 fully saturated rings. The molecule has 0 bridgehead atoms. The van der Waals surface area contributed by atoms with Crippen LogP contribution in [0.3, 0.4) is 0 Å². The molecule has 1 saturated heterocycles. The quantitative estimate of drug-likeness (QED) is 0.830. The van der Waals surface area contributed by atoms with Crippen molar-refractivity contribution in [2.75, 3.05) is 19.6 Å². The van der Waals surface area contributed by atoms with Gasteiger partial charge in [0.25, 0.3) is 11.8 Å². The molecule has 162 valence electrons. The summed E-state index contributed by atoms with van der Waals surface area (Å²) in [6, 6.07) is 12.1. The third-order valence-electron chi connectivity index (χ3n) is 7.11. The molecule has 5 rings (SSSR count). The van der Waals surface area contributed by atoms with Crippen LogP contribution in [0.4, 0.5) is 0 Å². The van der Waals surface area contributed by atoms with Crippen molar-refractivity contribution in [1.29, 1.82) is 0 Å². The van der Waals surface area contributed by atoms with Crippen molar-refractivity contribution in [2.45, 2.75) is 56.6 Å². The molecule has 2 heterocycles. The summed E-state index contributed by atoms with van der Waals surface area (Å²) in [4.78, 5) is 33.6. The fraction of sp³-hybridized carbons (Fsp3) is 0.480. The van der Waals surface area contributed by atoms with Gasteiger partial charge >= 0.3 is 0 Å². The molecule has 2 aromatic rings. The van der Waals surface area contributed by atoms with Gasteiger partial charge in [-0.25, -0.2) is 0 Å². The van der Waals surface area contributed by atoms with Crippen molar-refractivity contribution in [1.82, 2.24) is 14.8 Å². The predicted octanol–water partition coefficient (Wildman–Crippen LogP) is 2.55. The molecule has 1 unspecified atom stereocenters. The lowest BCUT2D eigenvalue weighted by molar-refractivity contribution is -0.146. The lowest BCUT2D eigenvalue weighted by atomic mass is 9.82. The number of carbonyl (C=O) groups excluding carboxylic acids is 2. The Morgan fingerprint density at radius 1 is 1.13 bits per heavy atom. The molecule has 6 heteroatoms. The standard InChI is InChI=1S/C25H29N3O3/c1-17-16-27(13-14-28(17)24(30)25(31)10-11-25)23(29)20-7-4-18(5-8-20)21-9-6-19-3-2-12-26-22(19)15-21/h2-5,7-8,12,17,21,31H,6,9-11,13-16H2,1H3/t17-,21?/m0/s1. The highest BCUT2D eigenvalue weighted by Gasteiger charge is 2.51.